The number of carbonyl (C=O) groups excluding carboxylic acids is 1. The van der Waals surface area contributed by atoms with E-state index in [2.05, 4.69) is 55.5 Å². The van der Waals surface area contributed by atoms with Crippen LogP contribution >= 0.6 is 22.6 Å². The molecule has 0 radical (unpaired) electrons. The molecule has 0 amide bonds. The first-order valence-corrected chi connectivity index (χ1v) is 14.8. The van der Waals surface area contributed by atoms with Gasteiger partial charge in [0.15, 0.2) is 6.29 Å². The predicted octanol–water partition coefficient (Wildman–Crippen LogP) is 7.96. The van der Waals surface area contributed by atoms with E-state index >= 15 is 4.39 Å². The SMILES string of the molecule is CCCCC(C)(C)C(C=C[C@H]1CCC[C@@H]1C(F)CC(I)CCCC(=O)OC)OC1CCCCO1. The monoisotopic (exact) mass is 594 g/mol. The van der Waals surface area contributed by atoms with Crippen LogP contribution in [0.2, 0.25) is 0 Å². The second kappa shape index (κ2) is 15.8. The number of unbranched alkanes of at least 4 members (excludes halogenated alkanes) is 1. The van der Waals surface area contributed by atoms with E-state index < -0.39 is 6.17 Å². The number of hydrogen-bond donors (Lipinski definition) is 0. The average molecular weight is 595 g/mol. The highest BCUT2D eigenvalue weighted by Gasteiger charge is 2.35. The Hall–Kier alpha value is -0.210. The number of esters is 1. The molecule has 2 rings (SSSR count). The van der Waals surface area contributed by atoms with Crippen molar-refractivity contribution in [3.63, 3.8) is 0 Å². The molecule has 0 aromatic carbocycles. The van der Waals surface area contributed by atoms with Crippen molar-refractivity contribution < 1.29 is 23.4 Å². The fraction of sp³-hybridized carbons (Fsp3) is 0.893. The second-order valence-corrected chi connectivity index (χ2v) is 12.7. The van der Waals surface area contributed by atoms with Crippen molar-refractivity contribution in [1.82, 2.24) is 0 Å². The summed E-state index contributed by atoms with van der Waals surface area (Å²) in [7, 11) is 1.41. The van der Waals surface area contributed by atoms with E-state index in [9.17, 15) is 4.79 Å². The van der Waals surface area contributed by atoms with Crippen LogP contribution < -0.4 is 0 Å². The van der Waals surface area contributed by atoms with Crippen LogP contribution in [0, 0.1) is 17.3 Å². The molecule has 0 aromatic rings. The Labute approximate surface area is 221 Å². The van der Waals surface area contributed by atoms with E-state index in [-0.39, 0.29) is 39.5 Å². The van der Waals surface area contributed by atoms with Gasteiger partial charge in [-0.05, 0) is 75.0 Å². The summed E-state index contributed by atoms with van der Waals surface area (Å²) in [5, 5.41) is 0. The van der Waals surface area contributed by atoms with Gasteiger partial charge in [-0.3, -0.25) is 4.79 Å². The molecule has 34 heavy (non-hydrogen) atoms. The summed E-state index contributed by atoms with van der Waals surface area (Å²) in [4.78, 5) is 11.3. The van der Waals surface area contributed by atoms with E-state index in [1.54, 1.807) is 0 Å². The molecule has 1 heterocycles. The van der Waals surface area contributed by atoms with Gasteiger partial charge in [0.1, 0.15) is 6.17 Å². The third-order valence-electron chi connectivity index (χ3n) is 7.61. The fourth-order valence-electron chi connectivity index (χ4n) is 5.30. The van der Waals surface area contributed by atoms with Crippen LogP contribution in [0.15, 0.2) is 12.2 Å². The molecule has 1 saturated carbocycles. The number of halogens is 2. The normalized spacial score (nSPS) is 26.5. The van der Waals surface area contributed by atoms with E-state index in [1.807, 2.05) is 0 Å². The van der Waals surface area contributed by atoms with Gasteiger partial charge in [0.05, 0.1) is 13.2 Å². The number of rotatable bonds is 15. The minimum Gasteiger partial charge on any atom is -0.469 e. The van der Waals surface area contributed by atoms with Crippen LogP contribution in [0.1, 0.15) is 104 Å². The van der Waals surface area contributed by atoms with Crippen LogP contribution in [0.25, 0.3) is 0 Å². The summed E-state index contributed by atoms with van der Waals surface area (Å²) >= 11 is 2.35. The van der Waals surface area contributed by atoms with Gasteiger partial charge in [0, 0.05) is 17.0 Å². The Morgan fingerprint density at radius 1 is 1.21 bits per heavy atom. The van der Waals surface area contributed by atoms with Crippen molar-refractivity contribution in [2.45, 2.75) is 127 Å². The Morgan fingerprint density at radius 3 is 2.68 bits per heavy atom. The van der Waals surface area contributed by atoms with Gasteiger partial charge in [-0.25, -0.2) is 4.39 Å². The lowest BCUT2D eigenvalue weighted by Gasteiger charge is -2.36. The maximum Gasteiger partial charge on any atom is 0.305 e. The van der Waals surface area contributed by atoms with Crippen molar-refractivity contribution in [3.05, 3.63) is 12.2 Å². The highest BCUT2D eigenvalue weighted by atomic mass is 127. The molecule has 0 N–H and O–H groups in total. The van der Waals surface area contributed by atoms with Gasteiger partial charge in [-0.15, -0.1) is 0 Å². The van der Waals surface area contributed by atoms with Crippen LogP contribution in [-0.2, 0) is 19.0 Å². The first-order valence-electron chi connectivity index (χ1n) is 13.6. The first kappa shape index (κ1) is 30.0. The summed E-state index contributed by atoms with van der Waals surface area (Å²) in [6.45, 7) is 7.59. The molecule has 6 atom stereocenters. The number of carbonyl (C=O) groups is 1. The van der Waals surface area contributed by atoms with Gasteiger partial charge >= 0.3 is 5.97 Å². The number of ether oxygens (including phenoxy) is 3. The second-order valence-electron chi connectivity index (χ2n) is 10.9. The van der Waals surface area contributed by atoms with Gasteiger partial charge in [0.2, 0.25) is 0 Å². The number of hydrogen-bond acceptors (Lipinski definition) is 4. The first-order chi connectivity index (χ1) is 16.3. The molecule has 4 unspecified atom stereocenters. The van der Waals surface area contributed by atoms with Gasteiger partial charge < -0.3 is 14.2 Å². The smallest absolute Gasteiger partial charge is 0.305 e. The third-order valence-corrected chi connectivity index (χ3v) is 8.74. The zero-order valence-electron chi connectivity index (χ0n) is 21.9. The van der Waals surface area contributed by atoms with Crippen LogP contribution in [-0.4, -0.2) is 42.2 Å². The van der Waals surface area contributed by atoms with Gasteiger partial charge in [-0.1, -0.05) is 74.8 Å². The Balaban J connectivity index is 1.96. The largest absolute Gasteiger partial charge is 0.469 e. The minimum absolute atomic E-state index is 0.0166. The average Bonchev–Trinajstić information content (AvgIpc) is 3.29. The summed E-state index contributed by atoms with van der Waals surface area (Å²) < 4.78 is 32.7. The standard InChI is InChI=1S/C28H48FIO4/c1-5-6-18-28(2,3)25(34-27-15-7-8-19-33-27)17-16-21-11-9-13-23(21)24(29)20-22(30)12-10-14-26(31)32-4/h16-17,21-25,27H,5-15,18-20H2,1-4H3/t21-,22?,23+,24?,25?,27?/m1/s1. The van der Waals surface area contributed by atoms with Crippen LogP contribution in [0.5, 0.6) is 0 Å². The molecule has 0 bridgehead atoms. The Bertz CT molecular complexity index is 605. The van der Waals surface area contributed by atoms with E-state index in [0.29, 0.717) is 12.8 Å². The molecule has 2 fully saturated rings. The summed E-state index contributed by atoms with van der Waals surface area (Å²) in [6, 6.07) is 0. The van der Waals surface area contributed by atoms with Gasteiger partial charge in [-0.2, -0.15) is 0 Å². The number of allylic oxidation sites excluding steroid dienone is 1. The molecule has 1 aliphatic carbocycles. The third kappa shape index (κ3) is 10.4. The predicted molar refractivity (Wildman–Crippen MR) is 145 cm³/mol. The van der Waals surface area contributed by atoms with E-state index in [1.165, 1.54) is 20.0 Å². The highest BCUT2D eigenvalue weighted by molar-refractivity contribution is 14.1. The topological polar surface area (TPSA) is 44.8 Å². The van der Waals surface area contributed by atoms with E-state index in [0.717, 1.165) is 64.4 Å². The number of methoxy groups -OCH3 is 1. The molecule has 6 heteroatoms. The fourth-order valence-corrected chi connectivity index (χ4v) is 6.23. The van der Waals surface area contributed by atoms with Crippen LogP contribution in [0.4, 0.5) is 4.39 Å². The van der Waals surface area contributed by atoms with Crippen molar-refractivity contribution in [2.75, 3.05) is 13.7 Å². The maximum atomic E-state index is 15.4. The Morgan fingerprint density at radius 2 is 2.00 bits per heavy atom. The molecule has 1 saturated heterocycles. The van der Waals surface area contributed by atoms with Crippen LogP contribution in [0.3, 0.4) is 0 Å². The van der Waals surface area contributed by atoms with E-state index in [4.69, 9.17) is 14.2 Å². The lowest BCUT2D eigenvalue weighted by molar-refractivity contribution is -0.197. The van der Waals surface area contributed by atoms with Crippen molar-refractivity contribution in [1.29, 1.82) is 0 Å². The van der Waals surface area contributed by atoms with Crippen molar-refractivity contribution in [3.8, 4) is 0 Å². The molecule has 1 aliphatic heterocycles. The summed E-state index contributed by atoms with van der Waals surface area (Å²) in [5.41, 5.74) is 0.0173. The molecule has 4 nitrogen and oxygen atoms in total. The molecule has 0 spiro atoms. The Kier molecular flexibility index (Phi) is 14.0. The van der Waals surface area contributed by atoms with Crippen molar-refractivity contribution >= 4 is 28.6 Å². The quantitative estimate of drug-likeness (QED) is 0.0835. The molecule has 2 aliphatic rings. The minimum atomic E-state index is -0.800. The summed E-state index contributed by atoms with van der Waals surface area (Å²) in [5.74, 6) is 0.173. The highest BCUT2D eigenvalue weighted by Crippen LogP contribution is 2.40. The van der Waals surface area contributed by atoms with Crippen molar-refractivity contribution in [2.24, 2.45) is 17.3 Å². The molecule has 0 aromatic heterocycles. The molecular formula is C28H48FIO4. The molecule has 198 valence electrons. The van der Waals surface area contributed by atoms with Gasteiger partial charge in [0.25, 0.3) is 0 Å². The molecular weight excluding hydrogens is 546 g/mol. The maximum absolute atomic E-state index is 15.4. The lowest BCUT2D eigenvalue weighted by Crippen LogP contribution is -2.36. The zero-order valence-corrected chi connectivity index (χ0v) is 24.1. The zero-order chi connectivity index (χ0) is 25.0. The number of alkyl halides is 2. The lowest BCUT2D eigenvalue weighted by atomic mass is 9.80. The summed E-state index contributed by atoms with van der Waals surface area (Å²) in [6.07, 6.45) is 15.9.